The van der Waals surface area contributed by atoms with E-state index in [1.165, 1.54) is 29.2 Å². The second kappa shape index (κ2) is 10.1. The number of halogens is 2. The lowest BCUT2D eigenvalue weighted by Crippen LogP contribution is -2.45. The fraction of sp³-hybridized carbons (Fsp3) is 0.474. The fourth-order valence-electron chi connectivity index (χ4n) is 3.57. The molecule has 5 heteroatoms. The quantitative estimate of drug-likeness (QED) is 0.841. The van der Waals surface area contributed by atoms with Gasteiger partial charge in [-0.3, -0.25) is 4.90 Å². The first-order valence-corrected chi connectivity index (χ1v) is 8.35. The highest BCUT2D eigenvalue weighted by Gasteiger charge is 2.25. The number of hydrogen-bond acceptors (Lipinski definition) is 3. The highest BCUT2D eigenvalue weighted by atomic mass is 35.5. The molecule has 2 aromatic carbocycles. The van der Waals surface area contributed by atoms with E-state index in [0.29, 0.717) is 6.04 Å². The molecule has 1 saturated heterocycles. The van der Waals surface area contributed by atoms with Gasteiger partial charge in [-0.25, -0.2) is 0 Å². The molecule has 0 unspecified atom stereocenters. The summed E-state index contributed by atoms with van der Waals surface area (Å²) in [5.41, 5.74) is 1.37. The minimum Gasteiger partial charge on any atom is -0.496 e. The number of benzene rings is 2. The van der Waals surface area contributed by atoms with Gasteiger partial charge in [-0.1, -0.05) is 43.7 Å². The Morgan fingerprint density at radius 2 is 1.79 bits per heavy atom. The summed E-state index contributed by atoms with van der Waals surface area (Å²) in [6, 6.07) is 13.4. The zero-order chi connectivity index (χ0) is 15.4. The topological polar surface area (TPSA) is 24.5 Å². The highest BCUT2D eigenvalue weighted by molar-refractivity contribution is 5.88. The molecule has 0 aliphatic carbocycles. The standard InChI is InChI=1S/C19H26N2O.2ClH/c1-3-6-17(21-13-11-20-12-14-21)19-16-8-5-4-7-15(16)9-10-18(19)22-2;;/h4-5,7-10,17,20H,3,6,11-14H2,1-2H3;2*1H/t17-;;/m0../s1. The number of nitrogens with one attached hydrogen (secondary N) is 1. The molecule has 0 saturated carbocycles. The Kier molecular flexibility index (Phi) is 8.85. The van der Waals surface area contributed by atoms with Gasteiger partial charge in [0.25, 0.3) is 0 Å². The van der Waals surface area contributed by atoms with Gasteiger partial charge in [-0.15, -0.1) is 24.8 Å². The van der Waals surface area contributed by atoms with Gasteiger partial charge in [0.1, 0.15) is 5.75 Å². The predicted octanol–water partition coefficient (Wildman–Crippen LogP) is 4.44. The zero-order valence-corrected chi connectivity index (χ0v) is 16.1. The second-order valence-electron chi connectivity index (χ2n) is 5.99. The first-order chi connectivity index (χ1) is 10.8. The van der Waals surface area contributed by atoms with Gasteiger partial charge in [-0.2, -0.15) is 0 Å². The average molecular weight is 371 g/mol. The van der Waals surface area contributed by atoms with Gasteiger partial charge in [-0.05, 0) is 23.3 Å². The minimum atomic E-state index is 0. The van der Waals surface area contributed by atoms with Gasteiger partial charge in [0.15, 0.2) is 0 Å². The van der Waals surface area contributed by atoms with E-state index in [2.05, 4.69) is 53.5 Å². The number of hydrogen-bond donors (Lipinski definition) is 1. The van der Waals surface area contributed by atoms with Crippen LogP contribution in [0, 0.1) is 0 Å². The third kappa shape index (κ3) is 4.34. The van der Waals surface area contributed by atoms with Gasteiger partial charge in [0, 0.05) is 37.8 Å². The van der Waals surface area contributed by atoms with Gasteiger partial charge in [0.2, 0.25) is 0 Å². The van der Waals surface area contributed by atoms with E-state index in [0.717, 1.165) is 31.9 Å². The Morgan fingerprint density at radius 3 is 2.46 bits per heavy atom. The number of methoxy groups -OCH3 is 1. The van der Waals surface area contributed by atoms with Crippen LogP contribution in [-0.4, -0.2) is 38.2 Å². The smallest absolute Gasteiger partial charge is 0.124 e. The van der Waals surface area contributed by atoms with Crippen molar-refractivity contribution < 1.29 is 4.74 Å². The van der Waals surface area contributed by atoms with E-state index < -0.39 is 0 Å². The van der Waals surface area contributed by atoms with Crippen LogP contribution in [0.4, 0.5) is 0 Å². The third-order valence-corrected chi connectivity index (χ3v) is 4.64. The fourth-order valence-corrected chi connectivity index (χ4v) is 3.57. The predicted molar refractivity (Wildman–Crippen MR) is 107 cm³/mol. The summed E-state index contributed by atoms with van der Waals surface area (Å²) in [5, 5.41) is 6.09. The largest absolute Gasteiger partial charge is 0.496 e. The molecule has 0 radical (unpaired) electrons. The van der Waals surface area contributed by atoms with Crippen molar-refractivity contribution in [3.8, 4) is 5.75 Å². The Labute approximate surface area is 157 Å². The van der Waals surface area contributed by atoms with Gasteiger partial charge < -0.3 is 10.1 Å². The Morgan fingerprint density at radius 1 is 1.08 bits per heavy atom. The molecule has 1 aliphatic rings. The summed E-state index contributed by atoms with van der Waals surface area (Å²) in [5.74, 6) is 1.02. The SMILES string of the molecule is CCC[C@@H](c1c(OC)ccc2ccccc12)N1CCNCC1.Cl.Cl. The van der Waals surface area contributed by atoms with Crippen molar-refractivity contribution in [2.45, 2.75) is 25.8 Å². The van der Waals surface area contributed by atoms with Crippen molar-refractivity contribution in [2.24, 2.45) is 0 Å². The first-order valence-electron chi connectivity index (χ1n) is 8.35. The van der Waals surface area contributed by atoms with E-state index in [4.69, 9.17) is 4.74 Å². The van der Waals surface area contributed by atoms with Crippen molar-refractivity contribution in [2.75, 3.05) is 33.3 Å². The van der Waals surface area contributed by atoms with Gasteiger partial charge >= 0.3 is 0 Å². The van der Waals surface area contributed by atoms with Crippen LogP contribution in [0.3, 0.4) is 0 Å². The monoisotopic (exact) mass is 370 g/mol. The molecule has 1 N–H and O–H groups in total. The summed E-state index contributed by atoms with van der Waals surface area (Å²) in [6.07, 6.45) is 2.35. The maximum atomic E-state index is 5.73. The lowest BCUT2D eigenvalue weighted by Gasteiger charge is -2.36. The zero-order valence-electron chi connectivity index (χ0n) is 14.5. The number of piperazine rings is 1. The van der Waals surface area contributed by atoms with Crippen LogP contribution in [0.5, 0.6) is 5.75 Å². The molecule has 24 heavy (non-hydrogen) atoms. The van der Waals surface area contributed by atoms with Crippen LogP contribution >= 0.6 is 24.8 Å². The maximum Gasteiger partial charge on any atom is 0.124 e. The summed E-state index contributed by atoms with van der Waals surface area (Å²) in [6.45, 7) is 6.64. The average Bonchev–Trinajstić information content (AvgIpc) is 2.59. The molecule has 1 aliphatic heterocycles. The summed E-state index contributed by atoms with van der Waals surface area (Å²) in [4.78, 5) is 2.62. The third-order valence-electron chi connectivity index (χ3n) is 4.64. The molecule has 1 atom stereocenters. The number of ether oxygens (including phenoxy) is 1. The Bertz CT molecular complexity index is 630. The molecule has 0 amide bonds. The summed E-state index contributed by atoms with van der Waals surface area (Å²) in [7, 11) is 1.79. The number of fused-ring (bicyclic) bond motifs is 1. The molecule has 1 heterocycles. The van der Waals surface area contributed by atoms with E-state index in [9.17, 15) is 0 Å². The van der Waals surface area contributed by atoms with Crippen LogP contribution in [0.25, 0.3) is 10.8 Å². The molecule has 2 aromatic rings. The molecule has 0 spiro atoms. The Hall–Kier alpha value is -1.00. The van der Waals surface area contributed by atoms with Gasteiger partial charge in [0.05, 0.1) is 7.11 Å². The van der Waals surface area contributed by atoms with E-state index in [1.807, 2.05) is 0 Å². The molecule has 0 aromatic heterocycles. The first kappa shape index (κ1) is 21.0. The van der Waals surface area contributed by atoms with Crippen molar-refractivity contribution in [3.63, 3.8) is 0 Å². The van der Waals surface area contributed by atoms with E-state index in [1.54, 1.807) is 7.11 Å². The van der Waals surface area contributed by atoms with Crippen molar-refractivity contribution >= 4 is 35.6 Å². The van der Waals surface area contributed by atoms with Crippen molar-refractivity contribution in [1.29, 1.82) is 0 Å². The minimum absolute atomic E-state index is 0. The molecule has 1 fully saturated rings. The summed E-state index contributed by atoms with van der Waals surface area (Å²) < 4.78 is 5.73. The number of rotatable bonds is 5. The normalized spacial score (nSPS) is 16.1. The molecule has 3 nitrogen and oxygen atoms in total. The van der Waals surface area contributed by atoms with Crippen LogP contribution in [0.2, 0.25) is 0 Å². The molecular weight excluding hydrogens is 343 g/mol. The van der Waals surface area contributed by atoms with Crippen LogP contribution < -0.4 is 10.1 Å². The lowest BCUT2D eigenvalue weighted by molar-refractivity contribution is 0.163. The maximum absolute atomic E-state index is 5.73. The van der Waals surface area contributed by atoms with E-state index >= 15 is 0 Å². The molecule has 0 bridgehead atoms. The number of nitrogens with zero attached hydrogens (tertiary/aromatic N) is 1. The van der Waals surface area contributed by atoms with E-state index in [-0.39, 0.29) is 24.8 Å². The van der Waals surface area contributed by atoms with Crippen LogP contribution in [0.1, 0.15) is 31.4 Å². The molecule has 3 rings (SSSR count). The second-order valence-corrected chi connectivity index (χ2v) is 5.99. The van der Waals surface area contributed by atoms with Crippen molar-refractivity contribution in [1.82, 2.24) is 10.2 Å². The van der Waals surface area contributed by atoms with Crippen LogP contribution in [-0.2, 0) is 0 Å². The molecule has 134 valence electrons. The Balaban J connectivity index is 0.00000144. The molecular formula is C19H28Cl2N2O. The lowest BCUT2D eigenvalue weighted by atomic mass is 9.93. The summed E-state index contributed by atoms with van der Waals surface area (Å²) >= 11 is 0. The van der Waals surface area contributed by atoms with Crippen LogP contribution in [0.15, 0.2) is 36.4 Å². The van der Waals surface area contributed by atoms with Crippen molar-refractivity contribution in [3.05, 3.63) is 42.0 Å². The highest BCUT2D eigenvalue weighted by Crippen LogP contribution is 2.38.